The summed E-state index contributed by atoms with van der Waals surface area (Å²) in [6, 6.07) is 8.28. The van der Waals surface area contributed by atoms with E-state index >= 15 is 0 Å². The monoisotopic (exact) mass is 446 g/mol. The molecular weight excluding hydrogens is 429 g/mol. The average Bonchev–Trinajstić information content (AvgIpc) is 3.17. The van der Waals surface area contributed by atoms with Crippen LogP contribution in [0.5, 0.6) is 0 Å². The number of rotatable bonds is 5. The maximum Gasteiger partial charge on any atom is 0.405 e. The standard InChI is InChI=1S/C21H17F3N4O4/c1-14(30)5-6-15-7-8-27-18(11-25-19(27)9-15)16-3-2-4-17(10-16)28(32-13-29)20(31)26-12-21(22,23)24/h2-4,7-11,13-14,30H,12H2,1H3,(H,26,31). The van der Waals surface area contributed by atoms with Gasteiger partial charge in [0.05, 0.1) is 17.6 Å². The van der Waals surface area contributed by atoms with E-state index in [9.17, 15) is 27.9 Å². The fourth-order valence-electron chi connectivity index (χ4n) is 2.77. The topological polar surface area (TPSA) is 96.2 Å². The fraction of sp³-hybridized carbons (Fsp3) is 0.190. The lowest BCUT2D eigenvalue weighted by Crippen LogP contribution is -2.43. The van der Waals surface area contributed by atoms with Crippen LogP contribution in [0, 0.1) is 11.8 Å². The van der Waals surface area contributed by atoms with Crippen LogP contribution in [-0.2, 0) is 9.63 Å². The molecule has 3 aromatic rings. The molecule has 32 heavy (non-hydrogen) atoms. The highest BCUT2D eigenvalue weighted by Crippen LogP contribution is 2.26. The van der Waals surface area contributed by atoms with Crippen molar-refractivity contribution >= 4 is 23.8 Å². The van der Waals surface area contributed by atoms with Gasteiger partial charge in [0.2, 0.25) is 0 Å². The summed E-state index contributed by atoms with van der Waals surface area (Å²) in [7, 11) is 0. The minimum atomic E-state index is -4.63. The van der Waals surface area contributed by atoms with Gasteiger partial charge in [-0.2, -0.15) is 13.2 Å². The number of aliphatic hydroxyl groups excluding tert-OH is 1. The fourth-order valence-corrected chi connectivity index (χ4v) is 2.77. The lowest BCUT2D eigenvalue weighted by Gasteiger charge is -2.20. The molecule has 0 spiro atoms. The predicted molar refractivity (Wildman–Crippen MR) is 108 cm³/mol. The molecule has 2 amide bonds. The van der Waals surface area contributed by atoms with E-state index in [2.05, 4.69) is 21.7 Å². The number of anilines is 1. The number of amides is 2. The summed E-state index contributed by atoms with van der Waals surface area (Å²) < 4.78 is 39.0. The molecule has 0 bridgehead atoms. The van der Waals surface area contributed by atoms with E-state index in [0.29, 0.717) is 27.5 Å². The van der Waals surface area contributed by atoms with Gasteiger partial charge in [0.25, 0.3) is 0 Å². The number of aliphatic hydroxyl groups is 1. The molecule has 166 valence electrons. The van der Waals surface area contributed by atoms with Crippen LogP contribution in [-0.4, -0.2) is 45.8 Å². The second-order valence-corrected chi connectivity index (χ2v) is 6.55. The Balaban J connectivity index is 1.92. The van der Waals surface area contributed by atoms with Crippen LogP contribution >= 0.6 is 0 Å². The molecule has 0 saturated heterocycles. The Morgan fingerprint density at radius 2 is 2.16 bits per heavy atom. The largest absolute Gasteiger partial charge is 0.405 e. The molecule has 0 aliphatic heterocycles. The van der Waals surface area contributed by atoms with Gasteiger partial charge in [-0.05, 0) is 31.2 Å². The predicted octanol–water partition coefficient (Wildman–Crippen LogP) is 2.90. The van der Waals surface area contributed by atoms with E-state index < -0.39 is 24.9 Å². The third-order valence-electron chi connectivity index (χ3n) is 4.09. The van der Waals surface area contributed by atoms with Crippen LogP contribution in [0.3, 0.4) is 0 Å². The van der Waals surface area contributed by atoms with Gasteiger partial charge in [0.15, 0.2) is 0 Å². The van der Waals surface area contributed by atoms with Crippen LogP contribution in [0.15, 0.2) is 48.8 Å². The summed E-state index contributed by atoms with van der Waals surface area (Å²) in [4.78, 5) is 31.8. The minimum absolute atomic E-state index is 0.0312. The quantitative estimate of drug-likeness (QED) is 0.357. The zero-order valence-electron chi connectivity index (χ0n) is 16.6. The molecule has 0 aliphatic carbocycles. The molecule has 2 N–H and O–H groups in total. The SMILES string of the molecule is CC(O)C#Cc1ccn2c(-c3cccc(N(OC=O)C(=O)NCC(F)(F)F)c3)cnc2c1. The Labute approximate surface area is 180 Å². The Morgan fingerprint density at radius 1 is 1.38 bits per heavy atom. The van der Waals surface area contributed by atoms with Crippen LogP contribution in [0.1, 0.15) is 12.5 Å². The van der Waals surface area contributed by atoms with Crippen LogP contribution in [0.4, 0.5) is 23.7 Å². The second-order valence-electron chi connectivity index (χ2n) is 6.55. The maximum atomic E-state index is 12.4. The number of alkyl halides is 3. The van der Waals surface area contributed by atoms with E-state index in [-0.39, 0.29) is 12.2 Å². The van der Waals surface area contributed by atoms with Gasteiger partial charge in [0.1, 0.15) is 18.3 Å². The van der Waals surface area contributed by atoms with Crippen molar-refractivity contribution in [2.45, 2.75) is 19.2 Å². The van der Waals surface area contributed by atoms with Gasteiger partial charge in [-0.15, -0.1) is 5.06 Å². The number of hydroxylamine groups is 1. The normalized spacial score (nSPS) is 11.9. The third kappa shape index (κ3) is 5.55. The molecule has 1 aromatic carbocycles. The number of nitrogens with zero attached hydrogens (tertiary/aromatic N) is 3. The first-order valence-electron chi connectivity index (χ1n) is 9.20. The zero-order chi connectivity index (χ0) is 23.3. The van der Waals surface area contributed by atoms with Crippen LogP contribution < -0.4 is 10.4 Å². The number of hydrogen-bond donors (Lipinski definition) is 2. The number of hydrogen-bond acceptors (Lipinski definition) is 5. The van der Waals surface area contributed by atoms with Crippen molar-refractivity contribution in [3.63, 3.8) is 0 Å². The summed E-state index contributed by atoms with van der Waals surface area (Å²) in [5.74, 6) is 5.46. The van der Waals surface area contributed by atoms with Crippen molar-refractivity contribution in [2.24, 2.45) is 0 Å². The average molecular weight is 446 g/mol. The number of halogens is 3. The Hall–Kier alpha value is -4.04. The highest BCUT2D eigenvalue weighted by atomic mass is 19.4. The van der Waals surface area contributed by atoms with Crippen molar-refractivity contribution in [1.29, 1.82) is 0 Å². The number of carbonyl (C=O) groups excluding carboxylic acids is 2. The van der Waals surface area contributed by atoms with Crippen molar-refractivity contribution in [1.82, 2.24) is 14.7 Å². The molecule has 1 unspecified atom stereocenters. The Kier molecular flexibility index (Phi) is 6.65. The molecule has 2 aromatic heterocycles. The molecule has 3 rings (SSSR count). The summed E-state index contributed by atoms with van der Waals surface area (Å²) in [6.07, 6.45) is -2.12. The molecule has 0 fully saturated rings. The molecule has 0 aliphatic rings. The van der Waals surface area contributed by atoms with Gasteiger partial charge in [-0.3, -0.25) is 9.20 Å². The number of benzene rings is 1. The van der Waals surface area contributed by atoms with Crippen molar-refractivity contribution < 1.29 is 32.7 Å². The minimum Gasteiger partial charge on any atom is -0.381 e. The molecule has 0 radical (unpaired) electrons. The number of urea groups is 1. The van der Waals surface area contributed by atoms with Gasteiger partial charge in [-0.25, -0.2) is 9.78 Å². The maximum absolute atomic E-state index is 12.4. The number of imidazole rings is 1. The zero-order valence-corrected chi connectivity index (χ0v) is 16.6. The molecule has 1 atom stereocenters. The first kappa shape index (κ1) is 22.6. The second kappa shape index (κ2) is 9.40. The smallest absolute Gasteiger partial charge is 0.381 e. The van der Waals surface area contributed by atoms with E-state index in [1.165, 1.54) is 12.1 Å². The van der Waals surface area contributed by atoms with Gasteiger partial charge >= 0.3 is 18.7 Å². The van der Waals surface area contributed by atoms with Gasteiger partial charge in [-0.1, -0.05) is 24.0 Å². The third-order valence-corrected chi connectivity index (χ3v) is 4.09. The van der Waals surface area contributed by atoms with Crippen molar-refractivity contribution in [3.8, 4) is 23.1 Å². The molecule has 2 heterocycles. The number of carbonyl (C=O) groups is 2. The van der Waals surface area contributed by atoms with Crippen molar-refractivity contribution in [2.75, 3.05) is 11.6 Å². The summed E-state index contributed by atoms with van der Waals surface area (Å²) in [5, 5.41) is 11.4. The van der Waals surface area contributed by atoms with Crippen molar-refractivity contribution in [3.05, 3.63) is 54.4 Å². The lowest BCUT2D eigenvalue weighted by molar-refractivity contribution is -0.129. The highest BCUT2D eigenvalue weighted by molar-refractivity contribution is 5.91. The summed E-state index contributed by atoms with van der Waals surface area (Å²) >= 11 is 0. The molecule has 8 nitrogen and oxygen atoms in total. The first-order valence-corrected chi connectivity index (χ1v) is 9.20. The summed E-state index contributed by atoms with van der Waals surface area (Å²) in [5.41, 5.74) is 2.41. The van der Waals surface area contributed by atoms with Gasteiger partial charge in [0, 0.05) is 17.3 Å². The number of aromatic nitrogens is 2. The highest BCUT2D eigenvalue weighted by Gasteiger charge is 2.30. The Bertz CT molecular complexity index is 1190. The van der Waals surface area contributed by atoms with E-state index in [1.54, 1.807) is 53.3 Å². The summed E-state index contributed by atoms with van der Waals surface area (Å²) in [6.45, 7) is -0.102. The molecule has 0 saturated carbocycles. The van der Waals surface area contributed by atoms with E-state index in [1.807, 2.05) is 0 Å². The van der Waals surface area contributed by atoms with E-state index in [4.69, 9.17) is 0 Å². The van der Waals surface area contributed by atoms with E-state index in [0.717, 1.165) is 0 Å². The molecule has 11 heteroatoms. The van der Waals surface area contributed by atoms with Crippen LogP contribution in [0.2, 0.25) is 0 Å². The first-order chi connectivity index (χ1) is 15.2. The number of nitrogens with one attached hydrogen (secondary N) is 1. The van der Waals surface area contributed by atoms with Crippen LogP contribution in [0.25, 0.3) is 16.9 Å². The molecular formula is C21H17F3N4O4. The number of pyridine rings is 1. The number of fused-ring (bicyclic) bond motifs is 1. The Morgan fingerprint density at radius 3 is 2.84 bits per heavy atom. The van der Waals surface area contributed by atoms with Gasteiger partial charge < -0.3 is 15.3 Å². The lowest BCUT2D eigenvalue weighted by atomic mass is 10.1.